The normalized spacial score (nSPS) is 32.9. The van der Waals surface area contributed by atoms with Gasteiger partial charge < -0.3 is 45.6 Å². The van der Waals surface area contributed by atoms with E-state index in [4.69, 9.17) is 15.6 Å². The van der Waals surface area contributed by atoms with E-state index < -0.39 is 60.7 Å². The van der Waals surface area contributed by atoms with Crippen LogP contribution in [-0.4, -0.2) is 93.7 Å². The summed E-state index contributed by atoms with van der Waals surface area (Å²) in [5, 5.41) is 55.9. The molecule has 1 aromatic carbocycles. The molecule has 3 heterocycles. The lowest BCUT2D eigenvalue weighted by atomic mass is 9.78. The van der Waals surface area contributed by atoms with Gasteiger partial charge in [0.05, 0.1) is 37.4 Å². The molecule has 1 spiro atoms. The van der Waals surface area contributed by atoms with E-state index in [1.807, 2.05) is 0 Å². The number of hydrogen-bond donors (Lipinski definition) is 8. The van der Waals surface area contributed by atoms with Crippen molar-refractivity contribution in [2.45, 2.75) is 35.8 Å². The van der Waals surface area contributed by atoms with Crippen molar-refractivity contribution in [3.63, 3.8) is 0 Å². The summed E-state index contributed by atoms with van der Waals surface area (Å²) in [4.78, 5) is 14.0. The Morgan fingerprint density at radius 2 is 1.88 bits per heavy atom. The molecule has 180 valence electrons. The third-order valence-electron chi connectivity index (χ3n) is 6.04. The summed E-state index contributed by atoms with van der Waals surface area (Å²) in [6, 6.07) is 2.21. The number of ether oxygens (including phenoxy) is 2. The van der Waals surface area contributed by atoms with Gasteiger partial charge in [0.25, 0.3) is 0 Å². The van der Waals surface area contributed by atoms with Gasteiger partial charge in [0.2, 0.25) is 0 Å². The first-order valence-electron chi connectivity index (χ1n) is 9.72. The number of nitrogens with zero attached hydrogens (tertiary/aromatic N) is 1. The molecule has 4 rings (SSSR count). The Bertz CT molecular complexity index is 977. The van der Waals surface area contributed by atoms with Crippen molar-refractivity contribution in [3.8, 4) is 5.75 Å². The van der Waals surface area contributed by atoms with Crippen LogP contribution < -0.4 is 20.7 Å². The van der Waals surface area contributed by atoms with E-state index in [0.29, 0.717) is 0 Å². The molecule has 0 saturated carbocycles. The molecular weight excluding hydrogens is 453 g/mol. The smallest absolute Gasteiger partial charge is 0.454 e. The van der Waals surface area contributed by atoms with Crippen molar-refractivity contribution in [1.29, 1.82) is 10.8 Å². The number of aliphatic hydroxyl groups is 3. The summed E-state index contributed by atoms with van der Waals surface area (Å²) in [5.74, 6) is -2.02. The lowest BCUT2D eigenvalue weighted by Gasteiger charge is -2.52. The second kappa shape index (κ2) is 7.64. The number of carbonyl (C=O) groups is 1. The first-order chi connectivity index (χ1) is 15.4. The van der Waals surface area contributed by atoms with Crippen molar-refractivity contribution in [1.82, 2.24) is 20.9 Å². The van der Waals surface area contributed by atoms with Crippen molar-refractivity contribution < 1.29 is 42.8 Å². The number of carbonyl (C=O) groups excluding carboxylic acids is 1. The van der Waals surface area contributed by atoms with Crippen LogP contribution in [0.15, 0.2) is 24.3 Å². The topological polar surface area (TPSA) is 183 Å². The van der Waals surface area contributed by atoms with Gasteiger partial charge in [-0.1, -0.05) is 0 Å². The Labute approximate surface area is 184 Å². The highest BCUT2D eigenvalue weighted by Gasteiger charge is 2.74. The van der Waals surface area contributed by atoms with Gasteiger partial charge in [0.1, 0.15) is 5.75 Å². The zero-order valence-electron chi connectivity index (χ0n) is 16.8. The lowest BCUT2D eigenvalue weighted by Crippen LogP contribution is -2.81. The first-order valence-corrected chi connectivity index (χ1v) is 9.72. The molecule has 2 unspecified atom stereocenters. The predicted molar refractivity (Wildman–Crippen MR) is 103 cm³/mol. The second-order valence-corrected chi connectivity index (χ2v) is 7.83. The average Bonchev–Trinajstić information content (AvgIpc) is 3.22. The highest BCUT2D eigenvalue weighted by atomic mass is 19.4. The average molecular weight is 474 g/mol. The van der Waals surface area contributed by atoms with Crippen LogP contribution in [0.2, 0.25) is 0 Å². The van der Waals surface area contributed by atoms with Gasteiger partial charge in [-0.05, 0) is 24.3 Å². The monoisotopic (exact) mass is 474 g/mol. The summed E-state index contributed by atoms with van der Waals surface area (Å²) in [6.45, 7) is -1.67. The molecule has 33 heavy (non-hydrogen) atoms. The standard InChI is InChI=1S/C18H21F3N6O6/c19-18(20,21)33-9-3-1-8(2-4-9)13(30)32-11-5-27-15(23)24-10(6-28)12-17(27,16(11,31)7-29)26-14(22)25-12/h1-4,10-12,28-29,31H,5-7H2,(H2,23,24)(H3,22,25,26)/t10?,11-,12-,16?,17-/m0/s1. The van der Waals surface area contributed by atoms with Gasteiger partial charge in [-0.25, -0.2) is 4.79 Å². The van der Waals surface area contributed by atoms with Crippen LogP contribution in [-0.2, 0) is 4.74 Å². The summed E-state index contributed by atoms with van der Waals surface area (Å²) in [5.41, 5.74) is -4.08. The minimum atomic E-state index is -4.90. The molecule has 0 aromatic heterocycles. The number of hydrogen-bond acceptors (Lipinski definition) is 8. The predicted octanol–water partition coefficient (Wildman–Crippen LogP) is -1.76. The lowest BCUT2D eigenvalue weighted by molar-refractivity contribution is -0.274. The number of rotatable bonds is 5. The van der Waals surface area contributed by atoms with Gasteiger partial charge in [0.15, 0.2) is 29.3 Å². The van der Waals surface area contributed by atoms with Crippen molar-refractivity contribution in [3.05, 3.63) is 29.8 Å². The third-order valence-corrected chi connectivity index (χ3v) is 6.04. The van der Waals surface area contributed by atoms with Gasteiger partial charge in [-0.2, -0.15) is 0 Å². The quantitative estimate of drug-likeness (QED) is 0.228. The van der Waals surface area contributed by atoms with Crippen molar-refractivity contribution >= 4 is 17.9 Å². The maximum Gasteiger partial charge on any atom is 0.573 e. The minimum absolute atomic E-state index is 0.143. The molecule has 0 bridgehead atoms. The van der Waals surface area contributed by atoms with Crippen LogP contribution in [0.25, 0.3) is 0 Å². The zero-order chi connectivity index (χ0) is 24.2. The molecule has 0 radical (unpaired) electrons. The van der Waals surface area contributed by atoms with Gasteiger partial charge in [0, 0.05) is 0 Å². The summed E-state index contributed by atoms with van der Waals surface area (Å²) in [7, 11) is 0. The van der Waals surface area contributed by atoms with Crippen LogP contribution in [0.3, 0.4) is 0 Å². The fourth-order valence-electron chi connectivity index (χ4n) is 4.61. The largest absolute Gasteiger partial charge is 0.573 e. The number of alkyl halides is 3. The zero-order valence-corrected chi connectivity index (χ0v) is 16.8. The number of esters is 1. The van der Waals surface area contributed by atoms with E-state index in [1.165, 1.54) is 4.90 Å². The number of benzene rings is 1. The second-order valence-electron chi connectivity index (χ2n) is 7.83. The summed E-state index contributed by atoms with van der Waals surface area (Å²) >= 11 is 0. The van der Waals surface area contributed by atoms with Crippen LogP contribution in [0.1, 0.15) is 10.4 Å². The Morgan fingerprint density at radius 3 is 2.45 bits per heavy atom. The highest BCUT2D eigenvalue weighted by molar-refractivity contribution is 5.90. The molecule has 0 aliphatic carbocycles. The number of guanidine groups is 2. The van der Waals surface area contributed by atoms with Crippen molar-refractivity contribution in [2.75, 3.05) is 19.8 Å². The molecular formula is C18H21F3N6O6. The van der Waals surface area contributed by atoms with Gasteiger partial charge >= 0.3 is 12.3 Å². The molecule has 3 aliphatic rings. The molecule has 12 nitrogen and oxygen atoms in total. The van der Waals surface area contributed by atoms with Gasteiger partial charge in [-0.3, -0.25) is 10.8 Å². The SMILES string of the molecule is N=C1N[C@H]2C(CO)NC(=N)N3C[C@H](OC(=O)c4ccc(OC(F)(F)F)cc4)C(O)(CO)[C@]23N1. The first kappa shape index (κ1) is 22.9. The maximum atomic E-state index is 12.7. The Morgan fingerprint density at radius 1 is 1.21 bits per heavy atom. The van der Waals surface area contributed by atoms with E-state index in [0.717, 1.165) is 24.3 Å². The number of aliphatic hydroxyl groups excluding tert-OH is 2. The highest BCUT2D eigenvalue weighted by Crippen LogP contribution is 2.45. The maximum absolute atomic E-state index is 12.7. The minimum Gasteiger partial charge on any atom is -0.454 e. The third kappa shape index (κ3) is 3.48. The molecule has 3 saturated heterocycles. The molecule has 3 fully saturated rings. The fraction of sp³-hybridized carbons (Fsp3) is 0.500. The summed E-state index contributed by atoms with van der Waals surface area (Å²) in [6.07, 6.45) is -6.31. The molecule has 0 amide bonds. The van der Waals surface area contributed by atoms with Crippen LogP contribution in [0.4, 0.5) is 13.2 Å². The molecule has 5 atom stereocenters. The number of nitrogens with one attached hydrogen (secondary N) is 5. The molecule has 3 aliphatic heterocycles. The van der Waals surface area contributed by atoms with E-state index in [9.17, 15) is 33.3 Å². The Kier molecular flexibility index (Phi) is 5.29. The van der Waals surface area contributed by atoms with E-state index in [2.05, 4.69) is 20.7 Å². The van der Waals surface area contributed by atoms with Crippen LogP contribution >= 0.6 is 0 Å². The van der Waals surface area contributed by atoms with Gasteiger partial charge in [-0.15, -0.1) is 13.2 Å². The molecule has 8 N–H and O–H groups in total. The Balaban J connectivity index is 1.61. The van der Waals surface area contributed by atoms with E-state index >= 15 is 0 Å². The molecule has 1 aromatic rings. The Hall–Kier alpha value is -3.30. The van der Waals surface area contributed by atoms with Crippen LogP contribution in [0.5, 0.6) is 5.75 Å². The number of halogens is 3. The van der Waals surface area contributed by atoms with E-state index in [-0.39, 0.29) is 24.0 Å². The van der Waals surface area contributed by atoms with Crippen LogP contribution in [0, 0.1) is 10.8 Å². The summed E-state index contributed by atoms with van der Waals surface area (Å²) < 4.78 is 46.1. The van der Waals surface area contributed by atoms with E-state index in [1.54, 1.807) is 0 Å². The molecule has 15 heteroatoms. The van der Waals surface area contributed by atoms with Crippen molar-refractivity contribution in [2.24, 2.45) is 0 Å². The fourth-order valence-corrected chi connectivity index (χ4v) is 4.61.